The molecule has 0 saturated carbocycles. The summed E-state index contributed by atoms with van der Waals surface area (Å²) < 4.78 is 0. The number of benzene rings is 2. The average molecular weight is 406 g/mol. The van der Waals surface area contributed by atoms with Crippen LogP contribution in [0, 0.1) is 0 Å². The summed E-state index contributed by atoms with van der Waals surface area (Å²) in [5, 5.41) is 8.21. The van der Waals surface area contributed by atoms with E-state index in [2.05, 4.69) is 16.0 Å². The number of nitrogens with zero attached hydrogens (tertiary/aromatic N) is 1. The lowest BCUT2D eigenvalue weighted by molar-refractivity contribution is -0.137. The van der Waals surface area contributed by atoms with Gasteiger partial charge >= 0.3 is 0 Å². The highest BCUT2D eigenvalue weighted by molar-refractivity contribution is 6.05. The minimum atomic E-state index is -0.630. The highest BCUT2D eigenvalue weighted by Crippen LogP contribution is 2.28. The van der Waals surface area contributed by atoms with Crippen molar-refractivity contribution in [1.82, 2.24) is 15.5 Å². The molecule has 1 unspecified atom stereocenters. The number of nitrogens with one attached hydrogen (secondary N) is 3. The smallest absolute Gasteiger partial charge is 0.255 e. The van der Waals surface area contributed by atoms with Crippen LogP contribution in [0.25, 0.3) is 0 Å². The number of hydrogen-bond acceptors (Lipinski definition) is 5. The van der Waals surface area contributed by atoms with Gasteiger partial charge in [0, 0.05) is 30.8 Å². The highest BCUT2D eigenvalue weighted by atomic mass is 16.2. The van der Waals surface area contributed by atoms with Crippen LogP contribution in [0.3, 0.4) is 0 Å². The van der Waals surface area contributed by atoms with E-state index in [-0.39, 0.29) is 30.7 Å². The molecule has 2 aliphatic rings. The van der Waals surface area contributed by atoms with Gasteiger partial charge in [-0.1, -0.05) is 30.3 Å². The monoisotopic (exact) mass is 406 g/mol. The molecule has 2 aromatic carbocycles. The van der Waals surface area contributed by atoms with E-state index in [0.29, 0.717) is 25.1 Å². The largest absolute Gasteiger partial charge is 0.376 e. The van der Waals surface area contributed by atoms with Crippen LogP contribution in [0.2, 0.25) is 0 Å². The molecule has 0 radical (unpaired) electrons. The maximum Gasteiger partial charge on any atom is 0.255 e. The zero-order valence-electron chi connectivity index (χ0n) is 16.3. The van der Waals surface area contributed by atoms with E-state index in [1.54, 1.807) is 12.1 Å². The SMILES string of the molecule is O=C(CNc1ccccc1)NCc1ccc2c(c1)CN(C1CCC(=O)NC1=O)C2=O. The number of carbonyl (C=O) groups excluding carboxylic acids is 4. The van der Waals surface area contributed by atoms with E-state index in [1.807, 2.05) is 36.4 Å². The normalized spacial score (nSPS) is 18.1. The summed E-state index contributed by atoms with van der Waals surface area (Å²) in [6.45, 7) is 0.823. The van der Waals surface area contributed by atoms with Crippen LogP contribution in [0.5, 0.6) is 0 Å². The van der Waals surface area contributed by atoms with Crippen LogP contribution in [0.1, 0.15) is 34.3 Å². The Morgan fingerprint density at radius 3 is 2.67 bits per heavy atom. The number of rotatable bonds is 6. The van der Waals surface area contributed by atoms with Crippen LogP contribution in [0.4, 0.5) is 5.69 Å². The van der Waals surface area contributed by atoms with Crippen molar-refractivity contribution in [2.45, 2.75) is 32.0 Å². The second kappa shape index (κ2) is 8.36. The van der Waals surface area contributed by atoms with Crippen molar-refractivity contribution in [3.8, 4) is 0 Å². The molecule has 1 atom stereocenters. The van der Waals surface area contributed by atoms with Gasteiger partial charge in [-0.15, -0.1) is 0 Å². The molecular weight excluding hydrogens is 384 g/mol. The number of para-hydroxylation sites is 1. The van der Waals surface area contributed by atoms with Gasteiger partial charge in [-0.25, -0.2) is 0 Å². The molecule has 0 aromatic heterocycles. The molecule has 0 aliphatic carbocycles. The maximum absolute atomic E-state index is 12.7. The first-order chi connectivity index (χ1) is 14.5. The Bertz CT molecular complexity index is 1010. The number of imide groups is 1. The van der Waals surface area contributed by atoms with E-state index in [0.717, 1.165) is 16.8 Å². The van der Waals surface area contributed by atoms with Crippen molar-refractivity contribution in [2.24, 2.45) is 0 Å². The van der Waals surface area contributed by atoms with Gasteiger partial charge in [-0.05, 0) is 35.7 Å². The van der Waals surface area contributed by atoms with Crippen LogP contribution >= 0.6 is 0 Å². The summed E-state index contributed by atoms with van der Waals surface area (Å²) in [7, 11) is 0. The summed E-state index contributed by atoms with van der Waals surface area (Å²) in [5.74, 6) is -1.08. The van der Waals surface area contributed by atoms with Crippen molar-refractivity contribution in [3.05, 3.63) is 65.2 Å². The van der Waals surface area contributed by atoms with E-state index < -0.39 is 11.9 Å². The van der Waals surface area contributed by atoms with Gasteiger partial charge in [0.1, 0.15) is 6.04 Å². The standard InChI is InChI=1S/C22H22N4O4/c27-19-9-8-18(21(29)25-19)26-13-15-10-14(6-7-17(15)22(26)30)11-24-20(28)12-23-16-4-2-1-3-5-16/h1-7,10,18,23H,8-9,11-13H2,(H,24,28)(H,25,27,29). The van der Waals surface area contributed by atoms with E-state index in [4.69, 9.17) is 0 Å². The van der Waals surface area contributed by atoms with Crippen molar-refractivity contribution in [2.75, 3.05) is 11.9 Å². The molecule has 0 bridgehead atoms. The fourth-order valence-electron chi connectivity index (χ4n) is 3.74. The summed E-state index contributed by atoms with van der Waals surface area (Å²) in [6, 6.07) is 14.2. The molecular formula is C22H22N4O4. The molecule has 154 valence electrons. The van der Waals surface area contributed by atoms with Crippen LogP contribution in [-0.4, -0.2) is 41.1 Å². The number of anilines is 1. The fourth-order valence-corrected chi connectivity index (χ4v) is 3.74. The molecule has 2 heterocycles. The van der Waals surface area contributed by atoms with Gasteiger partial charge in [0.2, 0.25) is 17.7 Å². The van der Waals surface area contributed by atoms with E-state index in [1.165, 1.54) is 4.90 Å². The first kappa shape index (κ1) is 19.6. The maximum atomic E-state index is 12.7. The molecule has 8 nitrogen and oxygen atoms in total. The number of carbonyl (C=O) groups is 4. The highest BCUT2D eigenvalue weighted by Gasteiger charge is 2.38. The summed E-state index contributed by atoms with van der Waals surface area (Å²) in [5.41, 5.74) is 3.12. The molecule has 1 fully saturated rings. The van der Waals surface area contributed by atoms with Crippen molar-refractivity contribution in [3.63, 3.8) is 0 Å². The topological polar surface area (TPSA) is 108 Å². The molecule has 2 aliphatic heterocycles. The Balaban J connectivity index is 1.34. The Labute approximate surface area is 173 Å². The molecule has 2 aromatic rings. The van der Waals surface area contributed by atoms with Crippen LogP contribution in [0.15, 0.2) is 48.5 Å². The molecule has 30 heavy (non-hydrogen) atoms. The number of hydrogen-bond donors (Lipinski definition) is 3. The molecule has 4 rings (SSSR count). The van der Waals surface area contributed by atoms with Gasteiger partial charge < -0.3 is 15.5 Å². The van der Waals surface area contributed by atoms with Gasteiger partial charge in [0.25, 0.3) is 5.91 Å². The summed E-state index contributed by atoms with van der Waals surface area (Å²) in [4.78, 5) is 49.8. The second-order valence-electron chi connectivity index (χ2n) is 7.39. The number of fused-ring (bicyclic) bond motifs is 1. The lowest BCUT2D eigenvalue weighted by Gasteiger charge is -2.29. The zero-order valence-corrected chi connectivity index (χ0v) is 16.3. The predicted molar refractivity (Wildman–Crippen MR) is 109 cm³/mol. The molecule has 4 amide bonds. The molecule has 3 N–H and O–H groups in total. The van der Waals surface area contributed by atoms with Gasteiger partial charge in [0.15, 0.2) is 0 Å². The number of piperidine rings is 1. The first-order valence-electron chi connectivity index (χ1n) is 9.83. The first-order valence-corrected chi connectivity index (χ1v) is 9.83. The zero-order chi connectivity index (χ0) is 21.1. The summed E-state index contributed by atoms with van der Waals surface area (Å²) >= 11 is 0. The molecule has 0 spiro atoms. The fraction of sp³-hybridized carbons (Fsp3) is 0.273. The lowest BCUT2D eigenvalue weighted by atomic mass is 10.0. The van der Waals surface area contributed by atoms with Crippen molar-refractivity contribution in [1.29, 1.82) is 0 Å². The van der Waals surface area contributed by atoms with E-state index >= 15 is 0 Å². The van der Waals surface area contributed by atoms with Gasteiger partial charge in [-0.2, -0.15) is 0 Å². The molecule has 1 saturated heterocycles. The Morgan fingerprint density at radius 1 is 1.10 bits per heavy atom. The minimum Gasteiger partial charge on any atom is -0.376 e. The minimum absolute atomic E-state index is 0.138. The quantitative estimate of drug-likeness (QED) is 0.625. The molecule has 8 heteroatoms. The summed E-state index contributed by atoms with van der Waals surface area (Å²) in [6.07, 6.45) is 0.562. The third-order valence-corrected chi connectivity index (χ3v) is 5.30. The second-order valence-corrected chi connectivity index (χ2v) is 7.39. The van der Waals surface area contributed by atoms with Crippen molar-refractivity contribution < 1.29 is 19.2 Å². The lowest BCUT2D eigenvalue weighted by Crippen LogP contribution is -2.52. The third-order valence-electron chi connectivity index (χ3n) is 5.30. The number of amides is 4. The van der Waals surface area contributed by atoms with Gasteiger partial charge in [-0.3, -0.25) is 24.5 Å². The van der Waals surface area contributed by atoms with Crippen molar-refractivity contribution >= 4 is 29.3 Å². The Hall–Kier alpha value is -3.68. The van der Waals surface area contributed by atoms with Crippen LogP contribution < -0.4 is 16.0 Å². The predicted octanol–water partition coefficient (Wildman–Crippen LogP) is 1.18. The Kier molecular flexibility index (Phi) is 5.47. The average Bonchev–Trinajstić information content (AvgIpc) is 3.07. The van der Waals surface area contributed by atoms with Crippen LogP contribution in [-0.2, 0) is 27.5 Å². The third kappa shape index (κ3) is 4.17. The Morgan fingerprint density at radius 2 is 1.90 bits per heavy atom. The van der Waals surface area contributed by atoms with E-state index in [9.17, 15) is 19.2 Å². The van der Waals surface area contributed by atoms with Gasteiger partial charge in [0.05, 0.1) is 6.54 Å².